The second kappa shape index (κ2) is 7.72. The number of hydrogen-bond acceptors (Lipinski definition) is 3. The molecule has 1 aliphatic heterocycles. The summed E-state index contributed by atoms with van der Waals surface area (Å²) in [5.41, 5.74) is 3.07. The van der Waals surface area contributed by atoms with Crippen LogP contribution >= 0.6 is 0 Å². The number of hydrogen-bond donors (Lipinski definition) is 1. The molecular weight excluding hydrogens is 316 g/mol. The number of ether oxygens (including phenoxy) is 1. The van der Waals surface area contributed by atoms with Crippen molar-refractivity contribution in [2.24, 2.45) is 0 Å². The molecule has 1 N–H and O–H groups in total. The van der Waals surface area contributed by atoms with Crippen molar-refractivity contribution in [1.29, 1.82) is 0 Å². The van der Waals surface area contributed by atoms with E-state index in [1.807, 2.05) is 18.2 Å². The summed E-state index contributed by atoms with van der Waals surface area (Å²) in [5.74, 6) is 0.619. The van der Waals surface area contributed by atoms with Crippen LogP contribution < -0.4 is 15.0 Å². The second-order valence-corrected chi connectivity index (χ2v) is 6.84. The van der Waals surface area contributed by atoms with Gasteiger partial charge in [0.1, 0.15) is 5.75 Å². The van der Waals surface area contributed by atoms with Crippen LogP contribution in [0.2, 0.25) is 0 Å². The van der Waals surface area contributed by atoms with Gasteiger partial charge in [-0.1, -0.05) is 17.7 Å². The minimum Gasteiger partial charge on any atom is -0.479 e. The molecule has 0 radical (unpaired) electrons. The maximum absolute atomic E-state index is 12.2. The molecule has 1 aliphatic carbocycles. The lowest BCUT2D eigenvalue weighted by Crippen LogP contribution is -2.42. The zero-order chi connectivity index (χ0) is 17.8. The Bertz CT molecular complexity index is 696. The summed E-state index contributed by atoms with van der Waals surface area (Å²) in [6.07, 6.45) is 7.98. The predicted octanol–water partition coefficient (Wildman–Crippen LogP) is 2.98. The molecule has 5 nitrogen and oxygen atoms in total. The lowest BCUT2D eigenvalue weighted by atomic mass is 9.97. The van der Waals surface area contributed by atoms with Crippen LogP contribution in [0.25, 0.3) is 0 Å². The van der Waals surface area contributed by atoms with E-state index in [2.05, 4.69) is 11.4 Å². The van der Waals surface area contributed by atoms with E-state index in [0.717, 1.165) is 17.7 Å². The van der Waals surface area contributed by atoms with Crippen LogP contribution in [0.15, 0.2) is 29.8 Å². The second-order valence-electron chi connectivity index (χ2n) is 6.84. The summed E-state index contributed by atoms with van der Waals surface area (Å²) in [4.78, 5) is 25.8. The van der Waals surface area contributed by atoms with E-state index in [0.29, 0.717) is 18.7 Å². The van der Waals surface area contributed by atoms with Crippen LogP contribution in [-0.2, 0) is 16.0 Å². The van der Waals surface area contributed by atoms with E-state index in [4.69, 9.17) is 4.74 Å². The molecule has 0 aromatic heterocycles. The quantitative estimate of drug-likeness (QED) is 0.837. The molecule has 134 valence electrons. The Kier molecular flexibility index (Phi) is 5.41. The molecule has 0 fully saturated rings. The van der Waals surface area contributed by atoms with Crippen LogP contribution in [0, 0.1) is 0 Å². The maximum Gasteiger partial charge on any atom is 0.267 e. The van der Waals surface area contributed by atoms with Gasteiger partial charge in [0.15, 0.2) is 6.10 Å². The van der Waals surface area contributed by atoms with Crippen molar-refractivity contribution in [3.05, 3.63) is 35.4 Å². The van der Waals surface area contributed by atoms with Gasteiger partial charge >= 0.3 is 0 Å². The summed E-state index contributed by atoms with van der Waals surface area (Å²) >= 11 is 0. The van der Waals surface area contributed by atoms with Crippen LogP contribution in [0.5, 0.6) is 5.75 Å². The number of anilines is 1. The third-order valence-corrected chi connectivity index (χ3v) is 4.88. The van der Waals surface area contributed by atoms with Gasteiger partial charge in [-0.05, 0) is 56.7 Å². The third kappa shape index (κ3) is 4.21. The molecule has 0 saturated heterocycles. The number of amides is 2. The zero-order valence-corrected chi connectivity index (χ0v) is 15.0. The fourth-order valence-corrected chi connectivity index (χ4v) is 3.41. The first kappa shape index (κ1) is 17.5. The van der Waals surface area contributed by atoms with Crippen LogP contribution in [-0.4, -0.2) is 31.5 Å². The predicted molar refractivity (Wildman–Crippen MR) is 97.8 cm³/mol. The smallest absolute Gasteiger partial charge is 0.267 e. The number of carbonyl (C=O) groups is 2. The summed E-state index contributed by atoms with van der Waals surface area (Å²) < 4.78 is 5.61. The van der Waals surface area contributed by atoms with Gasteiger partial charge in [-0.15, -0.1) is 0 Å². The monoisotopic (exact) mass is 342 g/mol. The minimum atomic E-state index is -0.472. The molecule has 1 heterocycles. The number of nitrogens with one attached hydrogen (secondary N) is 1. The molecule has 2 amide bonds. The fraction of sp³-hybridized carbons (Fsp3) is 0.500. The summed E-state index contributed by atoms with van der Waals surface area (Å²) in [6.45, 7) is 2.43. The molecule has 1 aromatic rings. The molecule has 2 aliphatic rings. The SMILES string of the molecule is CC1Oc2ccc(CC(=O)NCCC3=CCCCC3)cc2N(C)C1=O. The Labute approximate surface area is 149 Å². The number of benzene rings is 1. The first-order chi connectivity index (χ1) is 12.0. The number of rotatable bonds is 5. The Morgan fingerprint density at radius 3 is 2.96 bits per heavy atom. The number of allylic oxidation sites excluding steroid dienone is 1. The Morgan fingerprint density at radius 2 is 2.20 bits per heavy atom. The van der Waals surface area contributed by atoms with Crippen molar-refractivity contribution >= 4 is 17.5 Å². The largest absolute Gasteiger partial charge is 0.479 e. The van der Waals surface area contributed by atoms with Gasteiger partial charge in [0.25, 0.3) is 5.91 Å². The zero-order valence-electron chi connectivity index (χ0n) is 15.0. The molecule has 0 saturated carbocycles. The van der Waals surface area contributed by atoms with Crippen LogP contribution in [0.4, 0.5) is 5.69 Å². The third-order valence-electron chi connectivity index (χ3n) is 4.88. The highest BCUT2D eigenvalue weighted by molar-refractivity contribution is 5.99. The summed E-state index contributed by atoms with van der Waals surface area (Å²) in [5, 5.41) is 2.99. The van der Waals surface area contributed by atoms with Crippen molar-refractivity contribution in [2.45, 2.75) is 51.6 Å². The highest BCUT2D eigenvalue weighted by atomic mass is 16.5. The van der Waals surface area contributed by atoms with Crippen molar-refractivity contribution in [3.8, 4) is 5.75 Å². The van der Waals surface area contributed by atoms with E-state index in [-0.39, 0.29) is 11.8 Å². The van der Waals surface area contributed by atoms with Crippen molar-refractivity contribution in [2.75, 3.05) is 18.5 Å². The first-order valence-electron chi connectivity index (χ1n) is 9.06. The molecule has 1 aromatic carbocycles. The lowest BCUT2D eigenvalue weighted by Gasteiger charge is -2.30. The van der Waals surface area contributed by atoms with E-state index >= 15 is 0 Å². The molecule has 1 atom stereocenters. The van der Waals surface area contributed by atoms with E-state index < -0.39 is 6.10 Å². The molecule has 5 heteroatoms. The molecule has 3 rings (SSSR count). The van der Waals surface area contributed by atoms with Crippen molar-refractivity contribution < 1.29 is 14.3 Å². The van der Waals surface area contributed by atoms with Crippen LogP contribution in [0.1, 0.15) is 44.6 Å². The van der Waals surface area contributed by atoms with Gasteiger partial charge in [0.05, 0.1) is 12.1 Å². The number of likely N-dealkylation sites (N-methyl/N-ethyl adjacent to an activating group) is 1. The average molecular weight is 342 g/mol. The van der Waals surface area contributed by atoms with Crippen LogP contribution in [0.3, 0.4) is 0 Å². The number of fused-ring (bicyclic) bond motifs is 1. The van der Waals surface area contributed by atoms with Gasteiger partial charge in [-0.3, -0.25) is 9.59 Å². The van der Waals surface area contributed by atoms with Gasteiger partial charge < -0.3 is 15.0 Å². The standard InChI is InChI=1S/C20H26N2O3/c1-14-20(24)22(2)17-12-16(8-9-18(17)25-14)13-19(23)21-11-10-15-6-4-3-5-7-15/h6,8-9,12,14H,3-5,7,10-11,13H2,1-2H3,(H,21,23). The van der Waals surface area contributed by atoms with Crippen molar-refractivity contribution in [3.63, 3.8) is 0 Å². The highest BCUT2D eigenvalue weighted by Crippen LogP contribution is 2.34. The molecule has 25 heavy (non-hydrogen) atoms. The topological polar surface area (TPSA) is 58.6 Å². The molecular formula is C20H26N2O3. The van der Waals surface area contributed by atoms with E-state index in [9.17, 15) is 9.59 Å². The highest BCUT2D eigenvalue weighted by Gasteiger charge is 2.28. The van der Waals surface area contributed by atoms with E-state index in [1.54, 1.807) is 18.9 Å². The molecule has 0 bridgehead atoms. The Morgan fingerprint density at radius 1 is 1.36 bits per heavy atom. The first-order valence-corrected chi connectivity index (χ1v) is 9.06. The van der Waals surface area contributed by atoms with Gasteiger partial charge in [0.2, 0.25) is 5.91 Å². The molecule has 0 spiro atoms. The summed E-state index contributed by atoms with van der Waals surface area (Å²) in [7, 11) is 1.74. The van der Waals surface area contributed by atoms with Crippen molar-refractivity contribution in [1.82, 2.24) is 5.32 Å². The summed E-state index contributed by atoms with van der Waals surface area (Å²) in [6, 6.07) is 5.59. The number of carbonyl (C=O) groups excluding carboxylic acids is 2. The Balaban J connectivity index is 1.55. The van der Waals surface area contributed by atoms with Gasteiger partial charge in [-0.25, -0.2) is 0 Å². The fourth-order valence-electron chi connectivity index (χ4n) is 3.41. The Hall–Kier alpha value is -2.30. The maximum atomic E-state index is 12.2. The number of nitrogens with zero attached hydrogens (tertiary/aromatic N) is 1. The lowest BCUT2D eigenvalue weighted by molar-refractivity contribution is -0.125. The molecule has 1 unspecified atom stereocenters. The normalized spacial score (nSPS) is 19.8. The average Bonchev–Trinajstić information content (AvgIpc) is 2.61. The van der Waals surface area contributed by atoms with E-state index in [1.165, 1.54) is 31.3 Å². The minimum absolute atomic E-state index is 0.00966. The van der Waals surface area contributed by atoms with Gasteiger partial charge in [0, 0.05) is 13.6 Å². The van der Waals surface area contributed by atoms with Gasteiger partial charge in [-0.2, -0.15) is 0 Å².